The number of hydrogen-bond acceptors (Lipinski definition) is 4. The lowest BCUT2D eigenvalue weighted by Crippen LogP contribution is -2.37. The molecule has 134 valence electrons. The quantitative estimate of drug-likeness (QED) is 0.867. The summed E-state index contributed by atoms with van der Waals surface area (Å²) in [6.45, 7) is 2.05. The van der Waals surface area contributed by atoms with Gasteiger partial charge in [-0.25, -0.2) is 12.8 Å². The minimum Gasteiger partial charge on any atom is -0.480 e. The molecule has 1 heterocycles. The average Bonchev–Trinajstić information content (AvgIpc) is 2.75. The molecule has 0 aromatic heterocycles. The van der Waals surface area contributed by atoms with Gasteiger partial charge in [-0.15, -0.1) is 0 Å². The van der Waals surface area contributed by atoms with Crippen LogP contribution in [0.15, 0.2) is 23.1 Å². The SMILES string of the molecule is Cc1c(F)cccc1S(=O)(=O)N1CCCC(N(C)CC(=O)O)CC1. The second-order valence-electron chi connectivity index (χ2n) is 6.16. The predicted octanol–water partition coefficient (Wildman–Crippen LogP) is 1.69. The van der Waals surface area contributed by atoms with Gasteiger partial charge >= 0.3 is 5.97 Å². The summed E-state index contributed by atoms with van der Waals surface area (Å²) in [6, 6.07) is 4.09. The van der Waals surface area contributed by atoms with E-state index in [0.717, 1.165) is 6.42 Å². The van der Waals surface area contributed by atoms with Crippen LogP contribution < -0.4 is 0 Å². The third-order valence-corrected chi connectivity index (χ3v) is 6.54. The molecule has 0 bridgehead atoms. The summed E-state index contributed by atoms with van der Waals surface area (Å²) in [5.41, 5.74) is 0.126. The van der Waals surface area contributed by atoms with Gasteiger partial charge in [0, 0.05) is 24.7 Å². The highest BCUT2D eigenvalue weighted by Crippen LogP contribution is 2.25. The zero-order chi connectivity index (χ0) is 17.9. The third-order valence-electron chi connectivity index (χ3n) is 4.50. The number of halogens is 1. The maximum absolute atomic E-state index is 13.7. The van der Waals surface area contributed by atoms with Gasteiger partial charge in [0.05, 0.1) is 11.4 Å². The Kier molecular flexibility index (Phi) is 5.95. The molecule has 0 radical (unpaired) electrons. The van der Waals surface area contributed by atoms with Crippen molar-refractivity contribution >= 4 is 16.0 Å². The van der Waals surface area contributed by atoms with Crippen LogP contribution in [0.25, 0.3) is 0 Å². The molecule has 1 aliphatic rings. The lowest BCUT2D eigenvalue weighted by atomic mass is 10.1. The number of sulfonamides is 1. The van der Waals surface area contributed by atoms with Gasteiger partial charge in [-0.1, -0.05) is 6.07 Å². The van der Waals surface area contributed by atoms with Crippen molar-refractivity contribution in [2.45, 2.75) is 37.1 Å². The van der Waals surface area contributed by atoms with Crippen LogP contribution in [0.3, 0.4) is 0 Å². The maximum atomic E-state index is 13.7. The average molecular weight is 358 g/mol. The Morgan fingerprint density at radius 3 is 2.75 bits per heavy atom. The van der Waals surface area contributed by atoms with Crippen molar-refractivity contribution in [1.82, 2.24) is 9.21 Å². The normalized spacial score (nSPS) is 20.1. The number of likely N-dealkylation sites (N-methyl/N-ethyl adjacent to an activating group) is 1. The first-order chi connectivity index (χ1) is 11.2. The molecule has 1 aromatic rings. The van der Waals surface area contributed by atoms with E-state index in [1.165, 1.54) is 29.4 Å². The highest BCUT2D eigenvalue weighted by Gasteiger charge is 2.30. The fraction of sp³-hybridized carbons (Fsp3) is 0.562. The molecule has 8 heteroatoms. The van der Waals surface area contributed by atoms with Crippen LogP contribution in [-0.2, 0) is 14.8 Å². The van der Waals surface area contributed by atoms with Gasteiger partial charge in [0.2, 0.25) is 10.0 Å². The number of benzene rings is 1. The van der Waals surface area contributed by atoms with Crippen LogP contribution in [-0.4, -0.2) is 61.4 Å². The second kappa shape index (κ2) is 7.58. The minimum absolute atomic E-state index is 0.000148. The third kappa shape index (κ3) is 4.12. The lowest BCUT2D eigenvalue weighted by Gasteiger charge is -2.25. The van der Waals surface area contributed by atoms with Gasteiger partial charge in [0.25, 0.3) is 0 Å². The van der Waals surface area contributed by atoms with Crippen LogP contribution in [0.2, 0.25) is 0 Å². The highest BCUT2D eigenvalue weighted by atomic mass is 32.2. The molecule has 1 N–H and O–H groups in total. The van der Waals surface area contributed by atoms with Crippen LogP contribution >= 0.6 is 0 Å². The smallest absolute Gasteiger partial charge is 0.317 e. The van der Waals surface area contributed by atoms with Crippen LogP contribution in [0.5, 0.6) is 0 Å². The van der Waals surface area contributed by atoms with Crippen molar-refractivity contribution in [3.8, 4) is 0 Å². The van der Waals surface area contributed by atoms with Gasteiger partial charge in [-0.3, -0.25) is 9.69 Å². The molecule has 1 atom stereocenters. The van der Waals surface area contributed by atoms with Gasteiger partial charge in [-0.2, -0.15) is 4.31 Å². The monoisotopic (exact) mass is 358 g/mol. The van der Waals surface area contributed by atoms with Crippen molar-refractivity contribution in [3.05, 3.63) is 29.6 Å². The van der Waals surface area contributed by atoms with Crippen LogP contribution in [0, 0.1) is 12.7 Å². The number of rotatable bonds is 5. The summed E-state index contributed by atoms with van der Waals surface area (Å²) >= 11 is 0. The number of hydrogen-bond donors (Lipinski definition) is 1. The standard InChI is InChI=1S/C16H23FN2O4S/c1-12-14(17)6-3-7-15(12)24(22,23)19-9-4-5-13(8-10-19)18(2)11-16(20)21/h3,6-7,13H,4-5,8-11H2,1-2H3,(H,20,21). The van der Waals surface area contributed by atoms with E-state index in [4.69, 9.17) is 5.11 Å². The van der Waals surface area contributed by atoms with Crippen LogP contribution in [0.1, 0.15) is 24.8 Å². The summed E-state index contributed by atoms with van der Waals surface area (Å²) in [5.74, 6) is -1.44. The Labute approximate surface area is 141 Å². The van der Waals surface area contributed by atoms with E-state index < -0.39 is 21.8 Å². The molecule has 0 saturated carbocycles. The molecular formula is C16H23FN2O4S. The Morgan fingerprint density at radius 2 is 2.08 bits per heavy atom. The van der Waals surface area contributed by atoms with E-state index in [9.17, 15) is 17.6 Å². The fourth-order valence-corrected chi connectivity index (χ4v) is 4.81. The van der Waals surface area contributed by atoms with E-state index in [1.54, 1.807) is 11.9 Å². The Bertz CT molecular complexity index is 708. The number of aliphatic carboxylic acids is 1. The molecular weight excluding hydrogens is 335 g/mol. The Morgan fingerprint density at radius 1 is 1.38 bits per heavy atom. The predicted molar refractivity (Wildman–Crippen MR) is 87.8 cm³/mol. The summed E-state index contributed by atoms with van der Waals surface area (Å²) in [6.07, 6.45) is 1.93. The molecule has 0 amide bonds. The molecule has 24 heavy (non-hydrogen) atoms. The zero-order valence-electron chi connectivity index (χ0n) is 13.9. The molecule has 1 fully saturated rings. The Balaban J connectivity index is 2.15. The lowest BCUT2D eigenvalue weighted by molar-refractivity contribution is -0.138. The minimum atomic E-state index is -3.75. The maximum Gasteiger partial charge on any atom is 0.317 e. The first kappa shape index (κ1) is 18.8. The highest BCUT2D eigenvalue weighted by molar-refractivity contribution is 7.89. The molecule has 6 nitrogen and oxygen atoms in total. The fourth-order valence-electron chi connectivity index (χ4n) is 3.08. The second-order valence-corrected chi connectivity index (χ2v) is 8.07. The van der Waals surface area contributed by atoms with Gasteiger partial charge in [0.1, 0.15) is 5.82 Å². The van der Waals surface area contributed by atoms with Crippen molar-refractivity contribution in [2.75, 3.05) is 26.7 Å². The summed E-state index contributed by atoms with van der Waals surface area (Å²) in [5, 5.41) is 8.89. The molecule has 1 aliphatic heterocycles. The van der Waals surface area contributed by atoms with E-state index in [0.29, 0.717) is 25.9 Å². The molecule has 0 aliphatic carbocycles. The number of carboxylic acid groups (broad SMARTS) is 1. The van der Waals surface area contributed by atoms with Crippen molar-refractivity contribution < 1.29 is 22.7 Å². The van der Waals surface area contributed by atoms with E-state index >= 15 is 0 Å². The Hall–Kier alpha value is -1.51. The largest absolute Gasteiger partial charge is 0.480 e. The van der Waals surface area contributed by atoms with E-state index in [1.807, 2.05) is 0 Å². The number of carboxylic acids is 1. The van der Waals surface area contributed by atoms with Crippen molar-refractivity contribution in [1.29, 1.82) is 0 Å². The van der Waals surface area contributed by atoms with E-state index in [2.05, 4.69) is 0 Å². The summed E-state index contributed by atoms with van der Waals surface area (Å²) in [4.78, 5) is 12.6. The first-order valence-corrected chi connectivity index (χ1v) is 9.34. The van der Waals surface area contributed by atoms with Crippen LogP contribution in [0.4, 0.5) is 4.39 Å². The zero-order valence-corrected chi connectivity index (χ0v) is 14.7. The summed E-state index contributed by atoms with van der Waals surface area (Å²) < 4.78 is 40.7. The molecule has 2 rings (SSSR count). The summed E-state index contributed by atoms with van der Waals surface area (Å²) in [7, 11) is -2.02. The topological polar surface area (TPSA) is 77.9 Å². The van der Waals surface area contributed by atoms with Gasteiger partial charge in [0.15, 0.2) is 0 Å². The van der Waals surface area contributed by atoms with Crippen molar-refractivity contribution in [2.24, 2.45) is 0 Å². The molecule has 1 aromatic carbocycles. The number of nitrogens with zero attached hydrogens (tertiary/aromatic N) is 2. The van der Waals surface area contributed by atoms with Gasteiger partial charge < -0.3 is 5.11 Å². The van der Waals surface area contributed by atoms with E-state index in [-0.39, 0.29) is 23.0 Å². The first-order valence-electron chi connectivity index (χ1n) is 7.90. The number of carbonyl (C=O) groups is 1. The molecule has 1 unspecified atom stereocenters. The van der Waals surface area contributed by atoms with Gasteiger partial charge in [-0.05, 0) is 45.4 Å². The van der Waals surface area contributed by atoms with Crippen molar-refractivity contribution in [3.63, 3.8) is 0 Å². The molecule has 1 saturated heterocycles. The molecule has 0 spiro atoms.